The normalized spacial score (nSPS) is 14.6. The summed E-state index contributed by atoms with van der Waals surface area (Å²) in [6.07, 6.45) is -3.55. The number of nitrogens with one attached hydrogen (secondary N) is 1. The molecule has 1 aromatic rings. The summed E-state index contributed by atoms with van der Waals surface area (Å²) in [5, 5.41) is 0. The van der Waals surface area contributed by atoms with Crippen molar-refractivity contribution in [3.8, 4) is 0 Å². The van der Waals surface area contributed by atoms with Crippen LogP contribution in [0.4, 0.5) is 13.2 Å². The van der Waals surface area contributed by atoms with E-state index in [0.29, 0.717) is 0 Å². The van der Waals surface area contributed by atoms with Crippen LogP contribution in [0.25, 0.3) is 0 Å². The van der Waals surface area contributed by atoms with Gasteiger partial charge in [0, 0.05) is 6.04 Å². The van der Waals surface area contributed by atoms with Crippen molar-refractivity contribution < 1.29 is 13.2 Å². The Hall–Kier alpha value is -1.07. The largest absolute Gasteiger partial charge is 0.416 e. The molecule has 1 unspecified atom stereocenters. The maximum absolute atomic E-state index is 12.4. The number of hydrogen-bond acceptors (Lipinski definition) is 2. The summed E-state index contributed by atoms with van der Waals surface area (Å²) in [6, 6.07) is 4.97. The molecule has 1 atom stereocenters. The first kappa shape index (κ1) is 15.0. The van der Waals surface area contributed by atoms with E-state index in [2.05, 4.69) is 26.2 Å². The van der Waals surface area contributed by atoms with Gasteiger partial charge in [-0.1, -0.05) is 32.9 Å². The molecule has 0 radical (unpaired) electrons. The van der Waals surface area contributed by atoms with Crippen LogP contribution in [0.1, 0.15) is 44.4 Å². The van der Waals surface area contributed by atoms with Crippen molar-refractivity contribution in [3.63, 3.8) is 0 Å². The molecular formula is C13H19F3N2. The molecule has 0 saturated carbocycles. The van der Waals surface area contributed by atoms with Crippen molar-refractivity contribution in [2.45, 2.75) is 39.4 Å². The van der Waals surface area contributed by atoms with Gasteiger partial charge in [-0.2, -0.15) is 13.2 Å². The Morgan fingerprint density at radius 2 is 1.61 bits per heavy atom. The highest BCUT2D eigenvalue weighted by molar-refractivity contribution is 5.26. The molecule has 3 N–H and O–H groups in total. The van der Waals surface area contributed by atoms with Gasteiger partial charge >= 0.3 is 6.18 Å². The van der Waals surface area contributed by atoms with Gasteiger partial charge in [-0.05, 0) is 29.5 Å². The summed E-state index contributed by atoms with van der Waals surface area (Å²) >= 11 is 0. The van der Waals surface area contributed by atoms with Gasteiger partial charge in [-0.3, -0.25) is 11.3 Å². The highest BCUT2D eigenvalue weighted by Crippen LogP contribution is 2.32. The van der Waals surface area contributed by atoms with E-state index in [9.17, 15) is 13.2 Å². The van der Waals surface area contributed by atoms with Gasteiger partial charge in [0.15, 0.2) is 0 Å². The Bertz CT molecular complexity index is 377. The summed E-state index contributed by atoms with van der Waals surface area (Å²) in [7, 11) is 0. The minimum Gasteiger partial charge on any atom is -0.271 e. The molecule has 0 fully saturated rings. The lowest BCUT2D eigenvalue weighted by molar-refractivity contribution is -0.137. The SMILES string of the molecule is CC(C)(C)CC(NN)c1ccc(C(F)(F)F)cc1. The van der Waals surface area contributed by atoms with Crippen LogP contribution in [-0.2, 0) is 6.18 Å². The van der Waals surface area contributed by atoms with Crippen LogP contribution >= 0.6 is 0 Å². The van der Waals surface area contributed by atoms with Crippen LogP contribution in [-0.4, -0.2) is 0 Å². The summed E-state index contributed by atoms with van der Waals surface area (Å²) < 4.78 is 37.3. The van der Waals surface area contributed by atoms with Crippen molar-refractivity contribution in [2.75, 3.05) is 0 Å². The molecule has 2 nitrogen and oxygen atoms in total. The summed E-state index contributed by atoms with van der Waals surface area (Å²) in [4.78, 5) is 0. The Labute approximate surface area is 105 Å². The minimum absolute atomic E-state index is 0.0414. The van der Waals surface area contributed by atoms with Crippen LogP contribution in [0, 0.1) is 5.41 Å². The third kappa shape index (κ3) is 4.31. The van der Waals surface area contributed by atoms with E-state index in [0.717, 1.165) is 24.1 Å². The van der Waals surface area contributed by atoms with Crippen LogP contribution in [0.15, 0.2) is 24.3 Å². The van der Waals surface area contributed by atoms with Gasteiger partial charge in [-0.25, -0.2) is 0 Å². The van der Waals surface area contributed by atoms with Gasteiger partial charge < -0.3 is 0 Å². The topological polar surface area (TPSA) is 38.0 Å². The summed E-state index contributed by atoms with van der Waals surface area (Å²) in [5.41, 5.74) is 2.82. The predicted molar refractivity (Wildman–Crippen MR) is 65.6 cm³/mol. The lowest BCUT2D eigenvalue weighted by atomic mass is 9.85. The third-order valence-corrected chi connectivity index (χ3v) is 2.66. The summed E-state index contributed by atoms with van der Waals surface area (Å²) in [5.74, 6) is 5.46. The zero-order valence-electron chi connectivity index (χ0n) is 10.8. The fourth-order valence-corrected chi connectivity index (χ4v) is 1.79. The Morgan fingerprint density at radius 3 is 1.94 bits per heavy atom. The smallest absolute Gasteiger partial charge is 0.271 e. The van der Waals surface area contributed by atoms with Gasteiger partial charge in [0.25, 0.3) is 0 Å². The van der Waals surface area contributed by atoms with Crippen LogP contribution in [0.3, 0.4) is 0 Å². The molecule has 0 aromatic heterocycles. The van der Waals surface area contributed by atoms with E-state index in [1.165, 1.54) is 12.1 Å². The molecule has 0 spiro atoms. The summed E-state index contributed by atoms with van der Waals surface area (Å²) in [6.45, 7) is 6.17. The first-order chi connectivity index (χ1) is 8.13. The molecule has 0 bridgehead atoms. The average Bonchev–Trinajstić information content (AvgIpc) is 2.24. The minimum atomic E-state index is -4.30. The average molecular weight is 260 g/mol. The van der Waals surface area contributed by atoms with Crippen molar-refractivity contribution in [1.82, 2.24) is 5.43 Å². The van der Waals surface area contributed by atoms with E-state index >= 15 is 0 Å². The highest BCUT2D eigenvalue weighted by Gasteiger charge is 2.30. The number of benzene rings is 1. The fraction of sp³-hybridized carbons (Fsp3) is 0.538. The van der Waals surface area contributed by atoms with Gasteiger partial charge in [-0.15, -0.1) is 0 Å². The number of alkyl halides is 3. The molecule has 5 heteroatoms. The lowest BCUT2D eigenvalue weighted by Crippen LogP contribution is -2.31. The molecule has 0 saturated heterocycles. The Morgan fingerprint density at radius 1 is 1.11 bits per heavy atom. The molecule has 102 valence electrons. The van der Waals surface area contributed by atoms with Crippen LogP contribution in [0.2, 0.25) is 0 Å². The van der Waals surface area contributed by atoms with Gasteiger partial charge in [0.1, 0.15) is 0 Å². The van der Waals surface area contributed by atoms with Crippen LogP contribution < -0.4 is 11.3 Å². The van der Waals surface area contributed by atoms with E-state index in [4.69, 9.17) is 5.84 Å². The number of hydrazine groups is 1. The van der Waals surface area contributed by atoms with Crippen LogP contribution in [0.5, 0.6) is 0 Å². The Kier molecular flexibility index (Phi) is 4.40. The van der Waals surface area contributed by atoms with Crippen molar-refractivity contribution in [2.24, 2.45) is 11.3 Å². The first-order valence-electron chi connectivity index (χ1n) is 5.77. The van der Waals surface area contributed by atoms with Gasteiger partial charge in [0.05, 0.1) is 5.56 Å². The van der Waals surface area contributed by atoms with E-state index in [1.807, 2.05) is 0 Å². The number of rotatable bonds is 3. The molecule has 0 amide bonds. The van der Waals surface area contributed by atoms with Crippen molar-refractivity contribution >= 4 is 0 Å². The quantitative estimate of drug-likeness (QED) is 0.643. The second-order valence-electron chi connectivity index (χ2n) is 5.60. The van der Waals surface area contributed by atoms with Crippen molar-refractivity contribution in [3.05, 3.63) is 35.4 Å². The number of halogens is 3. The predicted octanol–water partition coefficient (Wildman–Crippen LogP) is 3.65. The molecular weight excluding hydrogens is 241 g/mol. The second kappa shape index (κ2) is 5.28. The fourth-order valence-electron chi connectivity index (χ4n) is 1.79. The zero-order valence-corrected chi connectivity index (χ0v) is 10.8. The molecule has 1 rings (SSSR count). The third-order valence-electron chi connectivity index (χ3n) is 2.66. The van der Waals surface area contributed by atoms with Crippen molar-refractivity contribution in [1.29, 1.82) is 0 Å². The lowest BCUT2D eigenvalue weighted by Gasteiger charge is -2.26. The molecule has 0 aliphatic carbocycles. The number of nitrogens with two attached hydrogens (primary N) is 1. The number of hydrogen-bond donors (Lipinski definition) is 2. The van der Waals surface area contributed by atoms with E-state index < -0.39 is 11.7 Å². The standard InChI is InChI=1S/C13H19F3N2/c1-12(2,3)8-11(18-17)9-4-6-10(7-5-9)13(14,15)16/h4-7,11,18H,8,17H2,1-3H3. The molecule has 0 aliphatic heterocycles. The maximum Gasteiger partial charge on any atom is 0.416 e. The molecule has 1 aromatic carbocycles. The highest BCUT2D eigenvalue weighted by atomic mass is 19.4. The molecule has 18 heavy (non-hydrogen) atoms. The maximum atomic E-state index is 12.4. The van der Waals surface area contributed by atoms with E-state index in [1.54, 1.807) is 0 Å². The second-order valence-corrected chi connectivity index (χ2v) is 5.60. The van der Waals surface area contributed by atoms with Gasteiger partial charge in [0.2, 0.25) is 0 Å². The molecule has 0 heterocycles. The first-order valence-corrected chi connectivity index (χ1v) is 5.77. The Balaban J connectivity index is 2.89. The van der Waals surface area contributed by atoms with E-state index in [-0.39, 0.29) is 11.5 Å². The zero-order chi connectivity index (χ0) is 14.0. The monoisotopic (exact) mass is 260 g/mol. The molecule has 0 aliphatic rings.